The minimum atomic E-state index is -0.458. The van der Waals surface area contributed by atoms with E-state index in [1.54, 1.807) is 0 Å². The van der Waals surface area contributed by atoms with Crippen LogP contribution in [0.4, 0.5) is 5.69 Å². The van der Waals surface area contributed by atoms with Gasteiger partial charge in [0.25, 0.3) is 0 Å². The smallest absolute Gasteiger partial charge is 0.224 e. The fourth-order valence-electron chi connectivity index (χ4n) is 2.06. The molecule has 4 nitrogen and oxygen atoms in total. The number of carbonyl (C=O) groups is 1. The number of ether oxygens (including phenoxy) is 1. The topological polar surface area (TPSA) is 58.6 Å². The second-order valence-corrected chi connectivity index (χ2v) is 4.67. The van der Waals surface area contributed by atoms with Gasteiger partial charge in [0.15, 0.2) is 0 Å². The predicted octanol–water partition coefficient (Wildman–Crippen LogP) is 2.11. The fourth-order valence-corrected chi connectivity index (χ4v) is 2.06. The lowest BCUT2D eigenvalue weighted by Gasteiger charge is -2.22. The number of carbonyl (C=O) groups excluding carboxylic acids is 1. The Morgan fingerprint density at radius 2 is 2.22 bits per heavy atom. The largest absolute Gasteiger partial charge is 0.488 e. The first-order valence-electron chi connectivity index (χ1n) is 6.37. The van der Waals surface area contributed by atoms with Gasteiger partial charge in [0.2, 0.25) is 5.91 Å². The Morgan fingerprint density at radius 1 is 1.44 bits per heavy atom. The van der Waals surface area contributed by atoms with Crippen molar-refractivity contribution >= 4 is 11.6 Å². The number of aliphatic hydroxyl groups excluding tert-OH is 1. The number of fused-ring (bicyclic) bond motifs is 1. The molecular weight excluding hydrogens is 230 g/mol. The van der Waals surface area contributed by atoms with Gasteiger partial charge in [-0.15, -0.1) is 0 Å². The van der Waals surface area contributed by atoms with E-state index < -0.39 is 6.10 Å². The highest BCUT2D eigenvalue weighted by Gasteiger charge is 2.17. The standard InChI is InChI=1S/C14H19NO3/c1-3-13(16)9(2)18-11-5-6-12-10(8-11)4-7-14(17)15-12/h5-6,8-9,13,16H,3-4,7H2,1-2H3,(H,15,17). The van der Waals surface area contributed by atoms with Crippen molar-refractivity contribution in [2.45, 2.75) is 45.3 Å². The van der Waals surface area contributed by atoms with Crippen molar-refractivity contribution in [1.82, 2.24) is 0 Å². The number of hydrogen-bond acceptors (Lipinski definition) is 3. The molecule has 1 aromatic carbocycles. The lowest BCUT2D eigenvalue weighted by atomic mass is 10.0. The second kappa shape index (κ2) is 5.40. The zero-order chi connectivity index (χ0) is 13.1. The number of hydrogen-bond donors (Lipinski definition) is 2. The molecule has 18 heavy (non-hydrogen) atoms. The molecule has 98 valence electrons. The van der Waals surface area contributed by atoms with Crippen molar-refractivity contribution in [2.24, 2.45) is 0 Å². The van der Waals surface area contributed by atoms with Crippen LogP contribution in [0.5, 0.6) is 5.75 Å². The molecule has 1 aromatic rings. The molecule has 0 bridgehead atoms. The summed E-state index contributed by atoms with van der Waals surface area (Å²) in [7, 11) is 0. The van der Waals surface area contributed by atoms with E-state index in [2.05, 4.69) is 5.32 Å². The molecule has 0 saturated carbocycles. The van der Waals surface area contributed by atoms with Gasteiger partial charge in [-0.25, -0.2) is 0 Å². The Hall–Kier alpha value is -1.55. The molecule has 4 heteroatoms. The van der Waals surface area contributed by atoms with E-state index >= 15 is 0 Å². The molecule has 1 heterocycles. The van der Waals surface area contributed by atoms with E-state index in [-0.39, 0.29) is 12.0 Å². The Balaban J connectivity index is 2.09. The highest BCUT2D eigenvalue weighted by molar-refractivity contribution is 5.93. The SMILES string of the molecule is CCC(O)C(C)Oc1ccc2c(c1)CCC(=O)N2. The molecule has 0 spiro atoms. The van der Waals surface area contributed by atoms with E-state index in [0.29, 0.717) is 12.8 Å². The molecule has 2 atom stereocenters. The summed E-state index contributed by atoms with van der Waals surface area (Å²) in [5, 5.41) is 12.5. The summed E-state index contributed by atoms with van der Waals surface area (Å²) < 4.78 is 5.70. The van der Waals surface area contributed by atoms with Gasteiger partial charge in [0.05, 0.1) is 6.10 Å². The van der Waals surface area contributed by atoms with Gasteiger partial charge in [-0.05, 0) is 43.5 Å². The van der Waals surface area contributed by atoms with Gasteiger partial charge in [0.1, 0.15) is 11.9 Å². The Bertz CT molecular complexity index is 445. The molecule has 0 aliphatic carbocycles. The van der Waals surface area contributed by atoms with Crippen molar-refractivity contribution in [1.29, 1.82) is 0 Å². The maximum absolute atomic E-state index is 11.2. The number of anilines is 1. The van der Waals surface area contributed by atoms with Crippen molar-refractivity contribution in [3.05, 3.63) is 23.8 Å². The van der Waals surface area contributed by atoms with Crippen LogP contribution < -0.4 is 10.1 Å². The minimum Gasteiger partial charge on any atom is -0.488 e. The van der Waals surface area contributed by atoms with E-state index in [1.807, 2.05) is 32.0 Å². The monoisotopic (exact) mass is 249 g/mol. The highest BCUT2D eigenvalue weighted by atomic mass is 16.5. The molecule has 2 unspecified atom stereocenters. The molecule has 0 saturated heterocycles. The lowest BCUT2D eigenvalue weighted by molar-refractivity contribution is -0.116. The Labute approximate surface area is 107 Å². The summed E-state index contributed by atoms with van der Waals surface area (Å²) in [5.41, 5.74) is 1.95. The zero-order valence-corrected chi connectivity index (χ0v) is 10.8. The van der Waals surface area contributed by atoms with E-state index in [1.165, 1.54) is 0 Å². The number of rotatable bonds is 4. The first-order chi connectivity index (χ1) is 8.60. The summed E-state index contributed by atoms with van der Waals surface area (Å²) in [6, 6.07) is 5.61. The van der Waals surface area contributed by atoms with Crippen LogP contribution in [0.15, 0.2) is 18.2 Å². The van der Waals surface area contributed by atoms with Crippen LogP contribution in [0.2, 0.25) is 0 Å². The second-order valence-electron chi connectivity index (χ2n) is 4.67. The van der Waals surface area contributed by atoms with Crippen molar-refractivity contribution in [3.63, 3.8) is 0 Å². The molecular formula is C14H19NO3. The molecule has 1 amide bonds. The summed E-state index contributed by atoms with van der Waals surface area (Å²) in [5.74, 6) is 0.802. The molecule has 2 N–H and O–H groups in total. The third-order valence-electron chi connectivity index (χ3n) is 3.25. The zero-order valence-electron chi connectivity index (χ0n) is 10.8. The normalized spacial score (nSPS) is 17.6. The third kappa shape index (κ3) is 2.82. The first kappa shape index (κ1) is 12.9. The quantitative estimate of drug-likeness (QED) is 0.859. The third-order valence-corrected chi connectivity index (χ3v) is 3.25. The predicted molar refractivity (Wildman–Crippen MR) is 69.8 cm³/mol. The van der Waals surface area contributed by atoms with Crippen LogP contribution in [0.25, 0.3) is 0 Å². The van der Waals surface area contributed by atoms with Gasteiger partial charge in [-0.1, -0.05) is 6.92 Å². The molecule has 0 aromatic heterocycles. The van der Waals surface area contributed by atoms with Crippen molar-refractivity contribution in [3.8, 4) is 5.75 Å². The molecule has 0 fully saturated rings. The molecule has 1 aliphatic rings. The van der Waals surface area contributed by atoms with Crippen molar-refractivity contribution < 1.29 is 14.6 Å². The van der Waals surface area contributed by atoms with Gasteiger partial charge < -0.3 is 15.2 Å². The van der Waals surface area contributed by atoms with Crippen LogP contribution in [0.1, 0.15) is 32.3 Å². The average Bonchev–Trinajstić information content (AvgIpc) is 2.38. The van der Waals surface area contributed by atoms with Gasteiger partial charge in [-0.2, -0.15) is 0 Å². The molecule has 0 radical (unpaired) electrons. The van der Waals surface area contributed by atoms with Crippen LogP contribution >= 0.6 is 0 Å². The van der Waals surface area contributed by atoms with Crippen LogP contribution in [0.3, 0.4) is 0 Å². The number of nitrogens with one attached hydrogen (secondary N) is 1. The number of benzene rings is 1. The summed E-state index contributed by atoms with van der Waals surface area (Å²) in [4.78, 5) is 11.2. The fraction of sp³-hybridized carbons (Fsp3) is 0.500. The maximum Gasteiger partial charge on any atom is 0.224 e. The minimum absolute atomic E-state index is 0.0611. The first-order valence-corrected chi connectivity index (χ1v) is 6.37. The van der Waals surface area contributed by atoms with Crippen LogP contribution in [0, 0.1) is 0 Å². The Kier molecular flexibility index (Phi) is 3.87. The lowest BCUT2D eigenvalue weighted by Crippen LogP contribution is -2.28. The number of aryl methyl sites for hydroxylation is 1. The highest BCUT2D eigenvalue weighted by Crippen LogP contribution is 2.27. The number of aliphatic hydroxyl groups is 1. The van der Waals surface area contributed by atoms with Gasteiger partial charge in [-0.3, -0.25) is 4.79 Å². The summed E-state index contributed by atoms with van der Waals surface area (Å²) >= 11 is 0. The van der Waals surface area contributed by atoms with E-state index in [0.717, 1.165) is 23.4 Å². The maximum atomic E-state index is 11.2. The van der Waals surface area contributed by atoms with E-state index in [4.69, 9.17) is 4.74 Å². The summed E-state index contributed by atoms with van der Waals surface area (Å²) in [6.45, 7) is 3.78. The molecule has 2 rings (SSSR count). The van der Waals surface area contributed by atoms with Crippen LogP contribution in [-0.2, 0) is 11.2 Å². The van der Waals surface area contributed by atoms with E-state index in [9.17, 15) is 9.90 Å². The number of amides is 1. The van der Waals surface area contributed by atoms with Crippen LogP contribution in [-0.4, -0.2) is 23.2 Å². The van der Waals surface area contributed by atoms with Crippen molar-refractivity contribution in [2.75, 3.05) is 5.32 Å². The molecule has 1 aliphatic heterocycles. The van der Waals surface area contributed by atoms with Gasteiger partial charge >= 0.3 is 0 Å². The average molecular weight is 249 g/mol. The Morgan fingerprint density at radius 3 is 2.94 bits per heavy atom. The summed E-state index contributed by atoms with van der Waals surface area (Å²) in [6.07, 6.45) is 1.24. The van der Waals surface area contributed by atoms with Gasteiger partial charge in [0, 0.05) is 12.1 Å².